The highest BCUT2D eigenvalue weighted by atomic mass is 16.6. The largest absolute Gasteiger partial charge is 0.376 e. The molecule has 1 aliphatic rings. The molecule has 1 aliphatic heterocycles. The lowest BCUT2D eigenvalue weighted by molar-refractivity contribution is -0.157. The fourth-order valence-electron chi connectivity index (χ4n) is 3.13. The van der Waals surface area contributed by atoms with Gasteiger partial charge >= 0.3 is 0 Å². The van der Waals surface area contributed by atoms with Crippen molar-refractivity contribution < 1.29 is 14.3 Å². The molecule has 0 saturated carbocycles. The molecule has 0 radical (unpaired) electrons. The number of nitrogens with zero attached hydrogens (tertiary/aromatic N) is 3. The zero-order chi connectivity index (χ0) is 18.0. The van der Waals surface area contributed by atoms with Crippen LogP contribution in [0.2, 0.25) is 0 Å². The Morgan fingerprint density at radius 3 is 2.72 bits per heavy atom. The van der Waals surface area contributed by atoms with Gasteiger partial charge in [0.15, 0.2) is 6.10 Å². The van der Waals surface area contributed by atoms with E-state index in [0.29, 0.717) is 26.4 Å². The summed E-state index contributed by atoms with van der Waals surface area (Å²) in [6.07, 6.45) is -0.509. The van der Waals surface area contributed by atoms with E-state index in [-0.39, 0.29) is 5.91 Å². The molecular weight excluding hydrogens is 318 g/mol. The maximum absolute atomic E-state index is 12.5. The minimum absolute atomic E-state index is 0.0536. The van der Waals surface area contributed by atoms with Gasteiger partial charge in [-0.25, -0.2) is 4.68 Å². The Labute approximate surface area is 148 Å². The van der Waals surface area contributed by atoms with E-state index in [9.17, 15) is 4.79 Å². The van der Waals surface area contributed by atoms with Gasteiger partial charge < -0.3 is 14.4 Å². The molecule has 3 rings (SSSR count). The third kappa shape index (κ3) is 3.60. The summed E-state index contributed by atoms with van der Waals surface area (Å²) >= 11 is 0. The van der Waals surface area contributed by atoms with E-state index < -0.39 is 6.10 Å². The van der Waals surface area contributed by atoms with Gasteiger partial charge in [0.25, 0.3) is 5.91 Å². The highest BCUT2D eigenvalue weighted by Gasteiger charge is 2.27. The molecule has 25 heavy (non-hydrogen) atoms. The van der Waals surface area contributed by atoms with Crippen molar-refractivity contribution in [2.24, 2.45) is 0 Å². The fraction of sp³-hybridized carbons (Fsp3) is 0.474. The molecule has 2 heterocycles. The van der Waals surface area contributed by atoms with E-state index in [0.717, 1.165) is 28.2 Å². The lowest BCUT2D eigenvalue weighted by Gasteiger charge is -2.27. The molecular formula is C19H25N3O3. The average Bonchev–Trinajstić information content (AvgIpc) is 2.90. The number of aryl methyl sites for hydroxylation is 2. The standard InChI is InChI=1S/C19H25N3O3/c1-13-7-5-6-8-17(13)22-15(3)16(14(2)20-22)11-21(4)19(23)18-12-24-9-10-25-18/h5-8,18H,9-12H2,1-4H3. The zero-order valence-electron chi connectivity index (χ0n) is 15.3. The van der Waals surface area contributed by atoms with Gasteiger partial charge in [-0.05, 0) is 32.4 Å². The molecule has 6 nitrogen and oxygen atoms in total. The zero-order valence-corrected chi connectivity index (χ0v) is 15.3. The van der Waals surface area contributed by atoms with E-state index in [1.165, 1.54) is 0 Å². The van der Waals surface area contributed by atoms with Crippen molar-refractivity contribution in [3.63, 3.8) is 0 Å². The van der Waals surface area contributed by atoms with Crippen molar-refractivity contribution in [3.8, 4) is 5.69 Å². The van der Waals surface area contributed by atoms with Gasteiger partial charge in [0.2, 0.25) is 0 Å². The Kier molecular flexibility index (Phi) is 5.20. The molecule has 1 atom stereocenters. The molecule has 6 heteroatoms. The first kappa shape index (κ1) is 17.6. The van der Waals surface area contributed by atoms with Crippen molar-refractivity contribution in [2.45, 2.75) is 33.4 Å². The van der Waals surface area contributed by atoms with E-state index in [1.54, 1.807) is 11.9 Å². The minimum atomic E-state index is -0.509. The molecule has 0 spiro atoms. The first-order chi connectivity index (χ1) is 12.0. The van der Waals surface area contributed by atoms with E-state index in [2.05, 4.69) is 24.2 Å². The monoisotopic (exact) mass is 343 g/mol. The average molecular weight is 343 g/mol. The number of carbonyl (C=O) groups excluding carboxylic acids is 1. The van der Waals surface area contributed by atoms with Gasteiger partial charge in [0.05, 0.1) is 31.2 Å². The molecule has 134 valence electrons. The SMILES string of the molecule is Cc1ccccc1-n1nc(C)c(CN(C)C(=O)C2COCCO2)c1C. The first-order valence-corrected chi connectivity index (χ1v) is 8.54. The van der Waals surface area contributed by atoms with Crippen LogP contribution in [0.5, 0.6) is 0 Å². The van der Waals surface area contributed by atoms with Crippen LogP contribution in [-0.2, 0) is 20.8 Å². The number of para-hydroxylation sites is 1. The Hall–Kier alpha value is -2.18. The molecule has 2 aromatic rings. The fourth-order valence-corrected chi connectivity index (χ4v) is 3.13. The summed E-state index contributed by atoms with van der Waals surface area (Å²) in [5.74, 6) is -0.0536. The molecule has 0 aliphatic carbocycles. The van der Waals surface area contributed by atoms with Gasteiger partial charge in [-0.1, -0.05) is 18.2 Å². The van der Waals surface area contributed by atoms with E-state index in [4.69, 9.17) is 9.47 Å². The summed E-state index contributed by atoms with van der Waals surface area (Å²) in [6.45, 7) is 7.94. The Bertz CT molecular complexity index is 763. The van der Waals surface area contributed by atoms with Crippen LogP contribution in [0.25, 0.3) is 5.69 Å². The summed E-state index contributed by atoms with van der Waals surface area (Å²) in [7, 11) is 1.80. The van der Waals surface area contributed by atoms with Crippen LogP contribution in [0.15, 0.2) is 24.3 Å². The lowest BCUT2D eigenvalue weighted by Crippen LogP contribution is -2.43. The predicted molar refractivity (Wildman–Crippen MR) is 94.8 cm³/mol. The van der Waals surface area contributed by atoms with Crippen LogP contribution in [0.1, 0.15) is 22.5 Å². The number of carbonyl (C=O) groups is 1. The quantitative estimate of drug-likeness (QED) is 0.854. The summed E-state index contributed by atoms with van der Waals surface area (Å²) in [5.41, 5.74) is 5.27. The summed E-state index contributed by atoms with van der Waals surface area (Å²) < 4.78 is 12.8. The highest BCUT2D eigenvalue weighted by molar-refractivity contribution is 5.81. The maximum atomic E-state index is 12.5. The summed E-state index contributed by atoms with van der Waals surface area (Å²) in [5, 5.41) is 4.69. The molecule has 1 unspecified atom stereocenters. The predicted octanol–water partition coefficient (Wildman–Crippen LogP) is 2.17. The number of hydrogen-bond donors (Lipinski definition) is 0. The van der Waals surface area contributed by atoms with Crippen LogP contribution in [0.3, 0.4) is 0 Å². The number of amides is 1. The van der Waals surface area contributed by atoms with Gasteiger partial charge in [0.1, 0.15) is 0 Å². The van der Waals surface area contributed by atoms with Crippen molar-refractivity contribution in [1.29, 1.82) is 0 Å². The van der Waals surface area contributed by atoms with Gasteiger partial charge in [-0.15, -0.1) is 0 Å². The van der Waals surface area contributed by atoms with Gasteiger partial charge in [-0.2, -0.15) is 5.10 Å². The number of ether oxygens (including phenoxy) is 2. The third-order valence-corrected chi connectivity index (χ3v) is 4.65. The van der Waals surface area contributed by atoms with Crippen LogP contribution < -0.4 is 0 Å². The maximum Gasteiger partial charge on any atom is 0.254 e. The van der Waals surface area contributed by atoms with Gasteiger partial charge in [0, 0.05) is 24.8 Å². The number of rotatable bonds is 4. The molecule has 1 saturated heterocycles. The van der Waals surface area contributed by atoms with Crippen LogP contribution in [0.4, 0.5) is 0 Å². The normalized spacial score (nSPS) is 17.5. The summed E-state index contributed by atoms with van der Waals surface area (Å²) in [6, 6.07) is 8.15. The van der Waals surface area contributed by atoms with Crippen molar-refractivity contribution >= 4 is 5.91 Å². The first-order valence-electron chi connectivity index (χ1n) is 8.54. The molecule has 1 aromatic heterocycles. The topological polar surface area (TPSA) is 56.6 Å². The van der Waals surface area contributed by atoms with E-state index in [1.807, 2.05) is 30.7 Å². The van der Waals surface area contributed by atoms with Crippen molar-refractivity contribution in [3.05, 3.63) is 46.8 Å². The smallest absolute Gasteiger partial charge is 0.254 e. The Morgan fingerprint density at radius 2 is 2.04 bits per heavy atom. The second-order valence-corrected chi connectivity index (χ2v) is 6.48. The molecule has 1 fully saturated rings. The second kappa shape index (κ2) is 7.37. The number of aromatic nitrogens is 2. The van der Waals surface area contributed by atoms with Crippen molar-refractivity contribution in [1.82, 2.24) is 14.7 Å². The third-order valence-electron chi connectivity index (χ3n) is 4.65. The van der Waals surface area contributed by atoms with Crippen LogP contribution >= 0.6 is 0 Å². The van der Waals surface area contributed by atoms with E-state index >= 15 is 0 Å². The number of hydrogen-bond acceptors (Lipinski definition) is 4. The van der Waals surface area contributed by atoms with Crippen LogP contribution in [0, 0.1) is 20.8 Å². The lowest BCUT2D eigenvalue weighted by atomic mass is 10.1. The Morgan fingerprint density at radius 1 is 1.28 bits per heavy atom. The number of benzene rings is 1. The second-order valence-electron chi connectivity index (χ2n) is 6.48. The van der Waals surface area contributed by atoms with Crippen molar-refractivity contribution in [2.75, 3.05) is 26.9 Å². The Balaban J connectivity index is 1.81. The molecule has 0 N–H and O–H groups in total. The van der Waals surface area contributed by atoms with Gasteiger partial charge in [-0.3, -0.25) is 4.79 Å². The molecule has 1 amide bonds. The van der Waals surface area contributed by atoms with Crippen LogP contribution in [-0.4, -0.2) is 53.6 Å². The number of likely N-dealkylation sites (N-methyl/N-ethyl adjacent to an activating group) is 1. The molecule has 1 aromatic carbocycles. The summed E-state index contributed by atoms with van der Waals surface area (Å²) in [4.78, 5) is 14.2. The highest BCUT2D eigenvalue weighted by Crippen LogP contribution is 2.21. The minimum Gasteiger partial charge on any atom is -0.376 e. The molecule has 0 bridgehead atoms.